The molecule has 2 heteroatoms. The summed E-state index contributed by atoms with van der Waals surface area (Å²) in [6, 6.07) is 1.73. The number of aldehydes is 1. The van der Waals surface area contributed by atoms with E-state index in [1.807, 2.05) is 0 Å². The van der Waals surface area contributed by atoms with Gasteiger partial charge in [-0.2, -0.15) is 0 Å². The van der Waals surface area contributed by atoms with Gasteiger partial charge in [-0.05, 0) is 12.1 Å². The standard InChI is InChI=1S/C9H9NO/c1-3-9-8(7-11)5-6-10(9)4-2/h3-7H,1-2H2. The van der Waals surface area contributed by atoms with Gasteiger partial charge in [-0.25, -0.2) is 0 Å². The minimum Gasteiger partial charge on any atom is -0.324 e. The molecule has 11 heavy (non-hydrogen) atoms. The molecule has 0 aliphatic carbocycles. The summed E-state index contributed by atoms with van der Waals surface area (Å²) in [6.45, 7) is 7.18. The molecular weight excluding hydrogens is 138 g/mol. The highest BCUT2D eigenvalue weighted by Crippen LogP contribution is 2.09. The molecule has 0 saturated carbocycles. The molecule has 0 saturated heterocycles. The molecule has 0 atom stereocenters. The van der Waals surface area contributed by atoms with Crippen molar-refractivity contribution in [3.63, 3.8) is 0 Å². The quantitative estimate of drug-likeness (QED) is 0.600. The molecule has 0 unspecified atom stereocenters. The van der Waals surface area contributed by atoms with Gasteiger partial charge >= 0.3 is 0 Å². The van der Waals surface area contributed by atoms with Gasteiger partial charge in [0.2, 0.25) is 0 Å². The first-order valence-corrected chi connectivity index (χ1v) is 3.24. The van der Waals surface area contributed by atoms with Crippen LogP contribution in [0.4, 0.5) is 0 Å². The highest BCUT2D eigenvalue weighted by molar-refractivity contribution is 5.81. The first-order valence-electron chi connectivity index (χ1n) is 3.24. The second kappa shape index (κ2) is 3.01. The number of hydrogen-bond acceptors (Lipinski definition) is 1. The lowest BCUT2D eigenvalue weighted by atomic mass is 10.2. The van der Waals surface area contributed by atoms with Crippen molar-refractivity contribution >= 4 is 18.6 Å². The van der Waals surface area contributed by atoms with Gasteiger partial charge in [-0.3, -0.25) is 4.79 Å². The fourth-order valence-electron chi connectivity index (χ4n) is 0.957. The highest BCUT2D eigenvalue weighted by Gasteiger charge is 2.00. The Morgan fingerprint density at radius 2 is 2.18 bits per heavy atom. The molecule has 0 radical (unpaired) electrons. The normalized spacial score (nSPS) is 9.09. The van der Waals surface area contributed by atoms with Crippen molar-refractivity contribution in [1.82, 2.24) is 4.57 Å². The van der Waals surface area contributed by atoms with E-state index in [2.05, 4.69) is 13.2 Å². The Bertz CT molecular complexity index is 271. The molecule has 0 aliphatic heterocycles. The van der Waals surface area contributed by atoms with Gasteiger partial charge in [0, 0.05) is 18.0 Å². The van der Waals surface area contributed by atoms with Crippen LogP contribution in [-0.4, -0.2) is 10.9 Å². The zero-order valence-electron chi connectivity index (χ0n) is 6.16. The van der Waals surface area contributed by atoms with Crippen LogP contribution in [0.2, 0.25) is 0 Å². The minimum atomic E-state index is 0.639. The predicted octanol–water partition coefficient (Wildman–Crippen LogP) is 2.04. The van der Waals surface area contributed by atoms with Crippen molar-refractivity contribution in [3.8, 4) is 0 Å². The lowest BCUT2D eigenvalue weighted by Crippen LogP contribution is -1.88. The smallest absolute Gasteiger partial charge is 0.152 e. The average Bonchev–Trinajstić information content (AvgIpc) is 2.45. The van der Waals surface area contributed by atoms with Crippen LogP contribution in [0, 0.1) is 0 Å². The SMILES string of the molecule is C=Cc1c(C=O)ccn1C=C. The maximum atomic E-state index is 10.4. The third-order valence-electron chi connectivity index (χ3n) is 1.51. The maximum absolute atomic E-state index is 10.4. The lowest BCUT2D eigenvalue weighted by molar-refractivity contribution is 0.112. The van der Waals surface area contributed by atoms with E-state index in [9.17, 15) is 4.79 Å². The molecule has 0 aliphatic rings. The topological polar surface area (TPSA) is 22.0 Å². The van der Waals surface area contributed by atoms with Gasteiger partial charge in [0.25, 0.3) is 0 Å². The van der Waals surface area contributed by atoms with Crippen LogP contribution in [0.3, 0.4) is 0 Å². The first kappa shape index (κ1) is 7.54. The van der Waals surface area contributed by atoms with Crippen LogP contribution in [0.25, 0.3) is 12.3 Å². The van der Waals surface area contributed by atoms with Crippen LogP contribution in [-0.2, 0) is 0 Å². The Hall–Kier alpha value is -1.57. The van der Waals surface area contributed by atoms with E-state index >= 15 is 0 Å². The second-order valence-corrected chi connectivity index (χ2v) is 2.07. The third kappa shape index (κ3) is 1.15. The zero-order chi connectivity index (χ0) is 8.27. The Labute approximate surface area is 65.5 Å². The van der Waals surface area contributed by atoms with Crippen molar-refractivity contribution in [1.29, 1.82) is 0 Å². The van der Waals surface area contributed by atoms with Crippen molar-refractivity contribution in [2.75, 3.05) is 0 Å². The molecular formula is C9H9NO. The first-order chi connectivity index (χ1) is 5.33. The van der Waals surface area contributed by atoms with Crippen LogP contribution in [0.1, 0.15) is 16.1 Å². The van der Waals surface area contributed by atoms with E-state index in [0.29, 0.717) is 5.56 Å². The van der Waals surface area contributed by atoms with Crippen LogP contribution in [0.15, 0.2) is 25.4 Å². The Morgan fingerprint density at radius 1 is 1.45 bits per heavy atom. The van der Waals surface area contributed by atoms with Gasteiger partial charge in [-0.15, -0.1) is 0 Å². The third-order valence-corrected chi connectivity index (χ3v) is 1.51. The fourth-order valence-corrected chi connectivity index (χ4v) is 0.957. The van der Waals surface area contributed by atoms with E-state index in [1.165, 1.54) is 0 Å². The van der Waals surface area contributed by atoms with Crippen LogP contribution < -0.4 is 0 Å². The molecule has 1 aromatic heterocycles. The van der Waals surface area contributed by atoms with Gasteiger partial charge in [0.1, 0.15) is 0 Å². The number of carbonyl (C=O) groups is 1. The molecule has 1 heterocycles. The monoisotopic (exact) mass is 147 g/mol. The van der Waals surface area contributed by atoms with Gasteiger partial charge < -0.3 is 4.57 Å². The van der Waals surface area contributed by atoms with Crippen LogP contribution in [0.5, 0.6) is 0 Å². The largest absolute Gasteiger partial charge is 0.324 e. The zero-order valence-corrected chi connectivity index (χ0v) is 6.16. The van der Waals surface area contributed by atoms with Gasteiger partial charge in [0.15, 0.2) is 6.29 Å². The molecule has 56 valence electrons. The fraction of sp³-hybridized carbons (Fsp3) is 0. The summed E-state index contributed by atoms with van der Waals surface area (Å²) in [5.41, 5.74) is 1.43. The highest BCUT2D eigenvalue weighted by atomic mass is 16.1. The predicted molar refractivity (Wildman–Crippen MR) is 46.3 cm³/mol. The number of hydrogen-bond donors (Lipinski definition) is 0. The summed E-state index contributed by atoms with van der Waals surface area (Å²) in [5, 5.41) is 0. The van der Waals surface area contributed by atoms with Crippen molar-refractivity contribution in [2.45, 2.75) is 0 Å². The number of nitrogens with zero attached hydrogens (tertiary/aromatic N) is 1. The molecule has 0 fully saturated rings. The van der Waals surface area contributed by atoms with E-state index in [-0.39, 0.29) is 0 Å². The molecule has 0 aromatic carbocycles. The Kier molecular flexibility index (Phi) is 2.06. The number of rotatable bonds is 3. The van der Waals surface area contributed by atoms with Gasteiger partial charge in [-0.1, -0.05) is 13.2 Å². The minimum absolute atomic E-state index is 0.639. The summed E-state index contributed by atoms with van der Waals surface area (Å²) in [5.74, 6) is 0. The molecule has 2 nitrogen and oxygen atoms in total. The molecule has 1 aromatic rings. The molecule has 0 amide bonds. The van der Waals surface area contributed by atoms with E-state index in [4.69, 9.17) is 0 Å². The molecule has 0 N–H and O–H groups in total. The molecule has 0 bridgehead atoms. The summed E-state index contributed by atoms with van der Waals surface area (Å²) in [7, 11) is 0. The van der Waals surface area contributed by atoms with Gasteiger partial charge in [0.05, 0.1) is 5.69 Å². The maximum Gasteiger partial charge on any atom is 0.152 e. The summed E-state index contributed by atoms with van der Waals surface area (Å²) < 4.78 is 1.75. The van der Waals surface area contributed by atoms with E-state index in [0.717, 1.165) is 12.0 Å². The van der Waals surface area contributed by atoms with Crippen molar-refractivity contribution in [3.05, 3.63) is 36.7 Å². The van der Waals surface area contributed by atoms with Crippen molar-refractivity contribution < 1.29 is 4.79 Å². The van der Waals surface area contributed by atoms with E-state index in [1.54, 1.807) is 29.1 Å². The number of carbonyl (C=O) groups excluding carboxylic acids is 1. The Morgan fingerprint density at radius 3 is 2.64 bits per heavy atom. The molecule has 1 rings (SSSR count). The van der Waals surface area contributed by atoms with Crippen molar-refractivity contribution in [2.24, 2.45) is 0 Å². The summed E-state index contributed by atoms with van der Waals surface area (Å²) >= 11 is 0. The van der Waals surface area contributed by atoms with E-state index < -0.39 is 0 Å². The Balaban J connectivity index is 3.29. The number of aromatic nitrogens is 1. The second-order valence-electron chi connectivity index (χ2n) is 2.07. The van der Waals surface area contributed by atoms with Crippen LogP contribution >= 0.6 is 0 Å². The summed E-state index contributed by atoms with van der Waals surface area (Å²) in [6.07, 6.45) is 5.83. The molecule has 0 spiro atoms. The lowest BCUT2D eigenvalue weighted by Gasteiger charge is -1.96. The average molecular weight is 147 g/mol. The summed E-state index contributed by atoms with van der Waals surface area (Å²) in [4.78, 5) is 10.4.